The molecule has 5 unspecified atom stereocenters. The van der Waals surface area contributed by atoms with Gasteiger partial charge in [-0.25, -0.2) is 9.97 Å². The summed E-state index contributed by atoms with van der Waals surface area (Å²) in [6.45, 7) is 7.64. The number of anilines is 2. The minimum atomic E-state index is -1.13. The second-order valence-corrected chi connectivity index (χ2v) is 10.5. The predicted molar refractivity (Wildman–Crippen MR) is 132 cm³/mol. The average molecular weight is 489 g/mol. The monoisotopic (exact) mass is 488 g/mol. The highest BCUT2D eigenvalue weighted by Crippen LogP contribution is 2.39. The van der Waals surface area contributed by atoms with E-state index in [9.17, 15) is 15.3 Å². The lowest BCUT2D eigenvalue weighted by atomic mass is 9.88. The summed E-state index contributed by atoms with van der Waals surface area (Å²) in [5.41, 5.74) is 1.21. The first-order chi connectivity index (χ1) is 16.1. The zero-order chi connectivity index (χ0) is 24.6. The van der Waals surface area contributed by atoms with Crippen LogP contribution >= 0.6 is 11.3 Å². The van der Waals surface area contributed by atoms with Crippen LogP contribution in [-0.2, 0) is 4.74 Å². The van der Waals surface area contributed by atoms with Crippen molar-refractivity contribution < 1.29 is 20.1 Å². The first-order valence-corrected chi connectivity index (χ1v) is 12.1. The number of aliphatic hydroxyl groups is 3. The van der Waals surface area contributed by atoms with E-state index < -0.39 is 29.8 Å². The summed E-state index contributed by atoms with van der Waals surface area (Å²) in [5.74, 6) is 0.405. The van der Waals surface area contributed by atoms with Gasteiger partial charge in [0.1, 0.15) is 22.4 Å². The molecule has 5 N–H and O–H groups in total. The van der Waals surface area contributed by atoms with Gasteiger partial charge in [0.25, 0.3) is 0 Å². The molecule has 11 heteroatoms. The minimum absolute atomic E-state index is 0.0154. The van der Waals surface area contributed by atoms with Crippen molar-refractivity contribution in [1.82, 2.24) is 19.9 Å². The molecule has 0 radical (unpaired) electrons. The van der Waals surface area contributed by atoms with E-state index in [1.807, 2.05) is 19.9 Å². The second-order valence-electron chi connectivity index (χ2n) is 9.45. The third kappa shape index (κ3) is 4.98. The molecule has 1 aliphatic rings. The predicted octanol–water partition coefficient (Wildman–Crippen LogP) is 2.20. The number of methoxy groups -OCH3 is 1. The van der Waals surface area contributed by atoms with E-state index in [1.165, 1.54) is 11.3 Å². The lowest BCUT2D eigenvalue weighted by Crippen LogP contribution is -2.40. The summed E-state index contributed by atoms with van der Waals surface area (Å²) in [5, 5.41) is 39.0. The van der Waals surface area contributed by atoms with Gasteiger partial charge in [-0.2, -0.15) is 4.98 Å². The van der Waals surface area contributed by atoms with Crippen LogP contribution in [0.15, 0.2) is 18.5 Å². The molecule has 3 aromatic rings. The molecule has 0 bridgehead atoms. The Hall–Kier alpha value is -2.44. The van der Waals surface area contributed by atoms with Gasteiger partial charge in [-0.15, -0.1) is 11.3 Å². The van der Waals surface area contributed by atoms with Crippen LogP contribution in [0.3, 0.4) is 0 Å². The number of hydrogen-bond acceptors (Lipinski definition) is 11. The summed E-state index contributed by atoms with van der Waals surface area (Å²) in [6, 6.07) is 1.39. The van der Waals surface area contributed by atoms with E-state index in [4.69, 9.17) is 9.72 Å². The maximum Gasteiger partial charge on any atom is 0.224 e. The van der Waals surface area contributed by atoms with Crippen molar-refractivity contribution in [1.29, 1.82) is 0 Å². The summed E-state index contributed by atoms with van der Waals surface area (Å²) >= 11 is 1.51. The van der Waals surface area contributed by atoms with Crippen molar-refractivity contribution >= 4 is 33.3 Å². The summed E-state index contributed by atoms with van der Waals surface area (Å²) < 4.78 is 6.19. The van der Waals surface area contributed by atoms with Gasteiger partial charge in [0.2, 0.25) is 5.95 Å². The molecule has 4 rings (SSSR count). The zero-order valence-electron chi connectivity index (χ0n) is 20.0. The highest BCUT2D eigenvalue weighted by atomic mass is 32.1. The molecule has 0 aromatic carbocycles. The maximum atomic E-state index is 10.7. The maximum absolute atomic E-state index is 10.7. The van der Waals surface area contributed by atoms with E-state index in [2.05, 4.69) is 25.6 Å². The first-order valence-electron chi connectivity index (χ1n) is 11.3. The Morgan fingerprint density at radius 1 is 1.24 bits per heavy atom. The number of aliphatic hydroxyl groups excluding tert-OH is 2. The van der Waals surface area contributed by atoms with Crippen LogP contribution in [0.2, 0.25) is 0 Å². The molecule has 0 aliphatic heterocycles. The third-order valence-corrected chi connectivity index (χ3v) is 7.27. The number of aromatic nitrogens is 4. The Bertz CT molecular complexity index is 1150. The molecule has 3 aromatic heterocycles. The molecule has 1 saturated carbocycles. The standard InChI is InChI=1S/C23H32N6O4S/c1-11(10-33-5)26-22-25-9-13(21-28-17-12(2)24-7-6-16(17)34-21)20(29-22)27-15-8-14(23(3,4)32)18(30)19(15)31/h6-7,9,11,14-15,18-19,30-32H,8,10H2,1-5H3,(H2,25,26,27,29). The van der Waals surface area contributed by atoms with Crippen molar-refractivity contribution in [3.8, 4) is 10.6 Å². The highest BCUT2D eigenvalue weighted by Gasteiger charge is 2.47. The van der Waals surface area contributed by atoms with Gasteiger partial charge >= 0.3 is 0 Å². The molecule has 1 aliphatic carbocycles. The van der Waals surface area contributed by atoms with E-state index in [1.54, 1.807) is 33.4 Å². The molecule has 0 amide bonds. The summed E-state index contributed by atoms with van der Waals surface area (Å²) in [7, 11) is 1.63. The van der Waals surface area contributed by atoms with Crippen LogP contribution in [0, 0.1) is 12.8 Å². The molecule has 184 valence electrons. The Morgan fingerprint density at radius 2 is 2.00 bits per heavy atom. The number of ether oxygens (including phenoxy) is 1. The van der Waals surface area contributed by atoms with Gasteiger partial charge in [-0.1, -0.05) is 0 Å². The van der Waals surface area contributed by atoms with E-state index in [0.717, 1.165) is 20.9 Å². The Balaban J connectivity index is 1.71. The van der Waals surface area contributed by atoms with Crippen LogP contribution in [0.1, 0.15) is 32.9 Å². The fraction of sp³-hybridized carbons (Fsp3) is 0.565. The topological polar surface area (TPSA) is 146 Å². The fourth-order valence-electron chi connectivity index (χ4n) is 4.38. The summed E-state index contributed by atoms with van der Waals surface area (Å²) in [4.78, 5) is 18.3. The van der Waals surface area contributed by atoms with Crippen molar-refractivity contribution in [2.75, 3.05) is 24.4 Å². The number of nitrogens with one attached hydrogen (secondary N) is 2. The number of aryl methyl sites for hydroxylation is 1. The normalized spacial score (nSPS) is 23.9. The number of nitrogens with zero attached hydrogens (tertiary/aromatic N) is 4. The Morgan fingerprint density at radius 3 is 2.65 bits per heavy atom. The van der Waals surface area contributed by atoms with Crippen molar-refractivity contribution in [3.63, 3.8) is 0 Å². The molecule has 0 spiro atoms. The smallest absolute Gasteiger partial charge is 0.224 e. The van der Waals surface area contributed by atoms with E-state index in [0.29, 0.717) is 30.4 Å². The van der Waals surface area contributed by atoms with Crippen LogP contribution in [-0.4, -0.2) is 78.9 Å². The number of fused-ring (bicyclic) bond motifs is 1. The highest BCUT2D eigenvalue weighted by molar-refractivity contribution is 7.21. The van der Waals surface area contributed by atoms with Gasteiger partial charge in [-0.3, -0.25) is 4.98 Å². The number of pyridine rings is 1. The Kier molecular flexibility index (Phi) is 7.02. The second kappa shape index (κ2) is 9.67. The summed E-state index contributed by atoms with van der Waals surface area (Å²) in [6.07, 6.45) is 1.71. The van der Waals surface area contributed by atoms with Gasteiger partial charge in [0, 0.05) is 31.5 Å². The quantitative estimate of drug-likeness (QED) is 0.320. The molecule has 1 fully saturated rings. The molecule has 0 saturated heterocycles. The van der Waals surface area contributed by atoms with Gasteiger partial charge in [0.05, 0.1) is 40.3 Å². The number of thiazole rings is 1. The molecule has 34 heavy (non-hydrogen) atoms. The molecule has 10 nitrogen and oxygen atoms in total. The van der Waals surface area contributed by atoms with Gasteiger partial charge in [-0.05, 0) is 40.2 Å². The molecule has 5 atom stereocenters. The number of rotatable bonds is 8. The van der Waals surface area contributed by atoms with Crippen LogP contribution in [0.4, 0.5) is 11.8 Å². The molecule has 3 heterocycles. The fourth-order valence-corrected chi connectivity index (χ4v) is 5.41. The minimum Gasteiger partial charge on any atom is -0.390 e. The van der Waals surface area contributed by atoms with Crippen LogP contribution in [0.5, 0.6) is 0 Å². The van der Waals surface area contributed by atoms with Gasteiger partial charge < -0.3 is 30.7 Å². The van der Waals surface area contributed by atoms with Crippen molar-refractivity contribution in [2.45, 2.75) is 64.0 Å². The third-order valence-electron chi connectivity index (χ3n) is 6.21. The lowest BCUT2D eigenvalue weighted by Gasteiger charge is -2.28. The van der Waals surface area contributed by atoms with E-state index in [-0.39, 0.29) is 6.04 Å². The molecular weight excluding hydrogens is 456 g/mol. The van der Waals surface area contributed by atoms with Crippen molar-refractivity contribution in [2.24, 2.45) is 5.92 Å². The average Bonchev–Trinajstić information content (AvgIpc) is 3.32. The van der Waals surface area contributed by atoms with Gasteiger partial charge in [0.15, 0.2) is 0 Å². The van der Waals surface area contributed by atoms with E-state index >= 15 is 0 Å². The van der Waals surface area contributed by atoms with Crippen LogP contribution < -0.4 is 10.6 Å². The number of hydrogen-bond donors (Lipinski definition) is 5. The zero-order valence-corrected chi connectivity index (χ0v) is 20.8. The molecular formula is C23H32N6O4S. The van der Waals surface area contributed by atoms with Crippen LogP contribution in [0.25, 0.3) is 20.8 Å². The lowest BCUT2D eigenvalue weighted by molar-refractivity contribution is -0.0601. The van der Waals surface area contributed by atoms with Crippen molar-refractivity contribution in [3.05, 3.63) is 24.2 Å². The first kappa shape index (κ1) is 24.7. The SMILES string of the molecule is COCC(C)Nc1ncc(-c2nc3c(C)nccc3s2)c(NC2CC(C(C)(C)O)C(O)C2O)n1. The Labute approximate surface area is 202 Å². The largest absolute Gasteiger partial charge is 0.390 e.